The monoisotopic (exact) mass is 350 g/mol. The number of hydrogen-bond acceptors (Lipinski definition) is 2. The zero-order valence-electron chi connectivity index (χ0n) is 16.0. The van der Waals surface area contributed by atoms with Gasteiger partial charge in [0.1, 0.15) is 0 Å². The zero-order valence-corrected chi connectivity index (χ0v) is 16.0. The third-order valence-electron chi connectivity index (χ3n) is 5.16. The average Bonchev–Trinajstić information content (AvgIpc) is 2.65. The van der Waals surface area contributed by atoms with Crippen LogP contribution >= 0.6 is 0 Å². The molecule has 2 aromatic rings. The van der Waals surface area contributed by atoms with Crippen molar-refractivity contribution < 1.29 is 0 Å². The van der Waals surface area contributed by atoms with Crippen LogP contribution < -0.4 is 11.1 Å². The highest BCUT2D eigenvalue weighted by atomic mass is 15.1. The van der Waals surface area contributed by atoms with Gasteiger partial charge in [0.2, 0.25) is 0 Å². The van der Waals surface area contributed by atoms with Gasteiger partial charge < -0.3 is 11.1 Å². The largest absolute Gasteiger partial charge is 0.370 e. The van der Waals surface area contributed by atoms with Crippen LogP contribution in [0.3, 0.4) is 0 Å². The number of anilines is 1. The van der Waals surface area contributed by atoms with Crippen molar-refractivity contribution in [3.05, 3.63) is 64.7 Å². The molecular weight excluding hydrogens is 320 g/mol. The number of aryl methyl sites for hydroxylation is 2. The lowest BCUT2D eigenvalue weighted by Crippen LogP contribution is -2.29. The number of likely N-dealkylation sites (tertiary alicyclic amines) is 1. The maximum Gasteiger partial charge on any atom is 0.193 e. The quantitative estimate of drug-likeness (QED) is 0.627. The molecule has 26 heavy (non-hydrogen) atoms. The van der Waals surface area contributed by atoms with Crippen LogP contribution in [0.25, 0.3) is 0 Å². The standard InChI is InChI=1S/C22H30N4/c1-17-10-11-21(14-18(17)2)25-22(23)24-15-19-8-4-5-9-20(19)16-26-12-6-3-7-13-26/h4-5,8-11,14H,3,6-7,12-13,15-16H2,1-2H3,(H3,23,24,25). The first kappa shape index (κ1) is 18.5. The lowest BCUT2D eigenvalue weighted by atomic mass is 10.1. The lowest BCUT2D eigenvalue weighted by Gasteiger charge is -2.27. The predicted molar refractivity (Wildman–Crippen MR) is 110 cm³/mol. The highest BCUT2D eigenvalue weighted by molar-refractivity contribution is 5.92. The summed E-state index contributed by atoms with van der Waals surface area (Å²) in [4.78, 5) is 7.10. The third-order valence-corrected chi connectivity index (χ3v) is 5.16. The van der Waals surface area contributed by atoms with E-state index < -0.39 is 0 Å². The number of aliphatic imine (C=N–C) groups is 1. The van der Waals surface area contributed by atoms with Crippen LogP contribution in [-0.2, 0) is 13.1 Å². The number of nitrogens with zero attached hydrogens (tertiary/aromatic N) is 2. The fraction of sp³-hybridized carbons (Fsp3) is 0.409. The molecule has 2 aromatic carbocycles. The van der Waals surface area contributed by atoms with Gasteiger partial charge in [-0.25, -0.2) is 4.99 Å². The van der Waals surface area contributed by atoms with Gasteiger partial charge >= 0.3 is 0 Å². The second-order valence-corrected chi connectivity index (χ2v) is 7.23. The molecule has 0 unspecified atom stereocenters. The first-order valence-electron chi connectivity index (χ1n) is 9.55. The van der Waals surface area contributed by atoms with E-state index in [9.17, 15) is 0 Å². The van der Waals surface area contributed by atoms with Crippen molar-refractivity contribution in [2.24, 2.45) is 10.7 Å². The SMILES string of the molecule is Cc1ccc(NC(N)=NCc2ccccc2CN2CCCCC2)cc1C. The van der Waals surface area contributed by atoms with E-state index in [1.165, 1.54) is 54.6 Å². The number of piperidine rings is 1. The highest BCUT2D eigenvalue weighted by Gasteiger charge is 2.12. The van der Waals surface area contributed by atoms with Crippen molar-refractivity contribution in [1.29, 1.82) is 0 Å². The van der Waals surface area contributed by atoms with Crippen LogP contribution in [-0.4, -0.2) is 23.9 Å². The molecule has 4 nitrogen and oxygen atoms in total. The summed E-state index contributed by atoms with van der Waals surface area (Å²) in [5.74, 6) is 0.459. The van der Waals surface area contributed by atoms with Gasteiger partial charge in [-0.2, -0.15) is 0 Å². The first-order valence-corrected chi connectivity index (χ1v) is 9.55. The summed E-state index contributed by atoms with van der Waals surface area (Å²) in [5.41, 5.74) is 12.2. The molecule has 4 heteroatoms. The molecule has 1 fully saturated rings. The molecule has 1 aliphatic heterocycles. The Bertz CT molecular complexity index is 760. The number of rotatable bonds is 5. The predicted octanol–water partition coefficient (Wildman–Crippen LogP) is 4.22. The second kappa shape index (κ2) is 8.86. The Kier molecular flexibility index (Phi) is 6.29. The highest BCUT2D eigenvalue weighted by Crippen LogP contribution is 2.17. The summed E-state index contributed by atoms with van der Waals surface area (Å²) in [6.07, 6.45) is 3.99. The van der Waals surface area contributed by atoms with Crippen molar-refractivity contribution in [1.82, 2.24) is 4.90 Å². The van der Waals surface area contributed by atoms with Crippen LogP contribution in [0.2, 0.25) is 0 Å². The maximum atomic E-state index is 6.10. The Balaban J connectivity index is 1.64. The van der Waals surface area contributed by atoms with E-state index in [1.807, 2.05) is 6.07 Å². The minimum Gasteiger partial charge on any atom is -0.370 e. The molecule has 0 amide bonds. The van der Waals surface area contributed by atoms with E-state index in [0.29, 0.717) is 12.5 Å². The van der Waals surface area contributed by atoms with Crippen molar-refractivity contribution in [3.63, 3.8) is 0 Å². The molecule has 0 aliphatic carbocycles. The van der Waals surface area contributed by atoms with Crippen LogP contribution in [0.15, 0.2) is 47.5 Å². The molecule has 1 heterocycles. The number of benzene rings is 2. The summed E-state index contributed by atoms with van der Waals surface area (Å²) in [7, 11) is 0. The van der Waals surface area contributed by atoms with Crippen molar-refractivity contribution in [2.75, 3.05) is 18.4 Å². The number of nitrogens with two attached hydrogens (primary N) is 1. The van der Waals surface area contributed by atoms with E-state index in [1.54, 1.807) is 0 Å². The fourth-order valence-electron chi connectivity index (χ4n) is 3.40. The molecule has 0 radical (unpaired) electrons. The smallest absolute Gasteiger partial charge is 0.193 e. The summed E-state index contributed by atoms with van der Waals surface area (Å²) in [6.45, 7) is 8.23. The van der Waals surface area contributed by atoms with Gasteiger partial charge in [0.15, 0.2) is 5.96 Å². The van der Waals surface area contributed by atoms with Gasteiger partial charge in [-0.1, -0.05) is 36.8 Å². The third kappa shape index (κ3) is 5.09. The van der Waals surface area contributed by atoms with E-state index >= 15 is 0 Å². The van der Waals surface area contributed by atoms with Crippen molar-refractivity contribution >= 4 is 11.6 Å². The molecule has 1 saturated heterocycles. The zero-order chi connectivity index (χ0) is 18.4. The van der Waals surface area contributed by atoms with Gasteiger partial charge in [-0.15, -0.1) is 0 Å². The molecule has 0 saturated carbocycles. The molecule has 0 aromatic heterocycles. The van der Waals surface area contributed by atoms with Crippen LogP contribution in [0.4, 0.5) is 5.69 Å². The Morgan fingerprint density at radius 3 is 2.46 bits per heavy atom. The molecule has 138 valence electrons. The summed E-state index contributed by atoms with van der Waals surface area (Å²) in [5, 5.41) is 3.20. The van der Waals surface area contributed by atoms with Crippen LogP contribution in [0.5, 0.6) is 0 Å². The Morgan fingerprint density at radius 1 is 1.00 bits per heavy atom. The topological polar surface area (TPSA) is 53.6 Å². The van der Waals surface area contributed by atoms with Crippen LogP contribution in [0, 0.1) is 13.8 Å². The Labute approximate surface area is 157 Å². The number of nitrogens with one attached hydrogen (secondary N) is 1. The minimum atomic E-state index is 0.459. The second-order valence-electron chi connectivity index (χ2n) is 7.23. The van der Waals surface area contributed by atoms with Gasteiger partial charge in [0, 0.05) is 12.2 Å². The van der Waals surface area contributed by atoms with E-state index in [4.69, 9.17) is 5.73 Å². The molecule has 0 spiro atoms. The summed E-state index contributed by atoms with van der Waals surface area (Å²) in [6, 6.07) is 14.8. The molecule has 0 bridgehead atoms. The van der Waals surface area contributed by atoms with Crippen molar-refractivity contribution in [2.45, 2.75) is 46.2 Å². The Morgan fingerprint density at radius 2 is 1.73 bits per heavy atom. The van der Waals surface area contributed by atoms with E-state index in [-0.39, 0.29) is 0 Å². The fourth-order valence-corrected chi connectivity index (χ4v) is 3.40. The van der Waals surface area contributed by atoms with Crippen LogP contribution in [0.1, 0.15) is 41.5 Å². The molecular formula is C22H30N4. The molecule has 3 rings (SSSR count). The molecule has 0 atom stereocenters. The normalized spacial score (nSPS) is 15.8. The average molecular weight is 351 g/mol. The minimum absolute atomic E-state index is 0.459. The van der Waals surface area contributed by atoms with Gasteiger partial charge in [-0.3, -0.25) is 4.90 Å². The lowest BCUT2D eigenvalue weighted by molar-refractivity contribution is 0.220. The van der Waals surface area contributed by atoms with Gasteiger partial charge in [0.25, 0.3) is 0 Å². The first-order chi connectivity index (χ1) is 12.6. The van der Waals surface area contributed by atoms with Gasteiger partial charge in [0.05, 0.1) is 6.54 Å². The molecule has 3 N–H and O–H groups in total. The summed E-state index contributed by atoms with van der Waals surface area (Å²) < 4.78 is 0. The number of guanidine groups is 1. The summed E-state index contributed by atoms with van der Waals surface area (Å²) >= 11 is 0. The van der Waals surface area contributed by atoms with E-state index in [0.717, 1.165) is 12.2 Å². The Hall–Kier alpha value is -2.33. The van der Waals surface area contributed by atoms with E-state index in [2.05, 4.69) is 65.5 Å². The van der Waals surface area contributed by atoms with Gasteiger partial charge in [-0.05, 0) is 74.2 Å². The maximum absolute atomic E-state index is 6.10. The van der Waals surface area contributed by atoms with Crippen molar-refractivity contribution in [3.8, 4) is 0 Å². The molecule has 1 aliphatic rings. The number of hydrogen-bond donors (Lipinski definition) is 2.